The van der Waals surface area contributed by atoms with Gasteiger partial charge in [-0.3, -0.25) is 14.8 Å². The lowest BCUT2D eigenvalue weighted by atomic mass is 10.1. The number of nitrogens with one attached hydrogen (secondary N) is 3. The average Bonchev–Trinajstić information content (AvgIpc) is 3.53. The van der Waals surface area contributed by atoms with E-state index in [0.29, 0.717) is 29.4 Å². The highest BCUT2D eigenvalue weighted by Crippen LogP contribution is 2.19. The van der Waals surface area contributed by atoms with E-state index in [0.717, 1.165) is 41.2 Å². The molecule has 1 aliphatic heterocycles. The molecule has 1 unspecified atom stereocenters. The first-order valence-corrected chi connectivity index (χ1v) is 13.1. The van der Waals surface area contributed by atoms with Crippen LogP contribution in [0.2, 0.25) is 0 Å². The van der Waals surface area contributed by atoms with Crippen LogP contribution >= 0.6 is 0 Å². The molecule has 1 saturated heterocycles. The third-order valence-corrected chi connectivity index (χ3v) is 6.34. The third-order valence-electron chi connectivity index (χ3n) is 6.34. The molecule has 0 spiro atoms. The van der Waals surface area contributed by atoms with E-state index >= 15 is 0 Å². The largest absolute Gasteiger partial charge is 0.364 e. The highest BCUT2D eigenvalue weighted by molar-refractivity contribution is 5.95. The van der Waals surface area contributed by atoms with Crippen molar-refractivity contribution in [2.24, 2.45) is 0 Å². The zero-order valence-corrected chi connectivity index (χ0v) is 21.8. The van der Waals surface area contributed by atoms with Crippen molar-refractivity contribution in [2.75, 3.05) is 17.2 Å². The van der Waals surface area contributed by atoms with Crippen molar-refractivity contribution in [3.05, 3.63) is 107 Å². The van der Waals surface area contributed by atoms with Crippen LogP contribution in [0.1, 0.15) is 31.0 Å². The van der Waals surface area contributed by atoms with E-state index < -0.39 is 0 Å². The Morgan fingerprint density at radius 2 is 1.97 bits per heavy atom. The summed E-state index contributed by atoms with van der Waals surface area (Å²) in [5.41, 5.74) is 3.25. The molecule has 3 N–H and O–H groups in total. The molecule has 39 heavy (non-hydrogen) atoms. The molecule has 1 atom stereocenters. The van der Waals surface area contributed by atoms with Crippen molar-refractivity contribution in [3.8, 4) is 11.4 Å². The number of aromatic nitrogens is 4. The predicted octanol–water partition coefficient (Wildman–Crippen LogP) is 3.42. The van der Waals surface area contributed by atoms with Gasteiger partial charge in [0, 0.05) is 23.2 Å². The number of hydrogen-bond donors (Lipinski definition) is 3. The van der Waals surface area contributed by atoms with E-state index in [2.05, 4.69) is 32.0 Å². The Balaban J connectivity index is 1.58. The van der Waals surface area contributed by atoms with Gasteiger partial charge in [-0.05, 0) is 62.2 Å². The number of nitrogens with zero attached hydrogens (tertiary/aromatic N) is 4. The molecule has 1 fully saturated rings. The Labute approximate surface area is 227 Å². The zero-order valence-electron chi connectivity index (χ0n) is 21.8. The number of rotatable bonds is 8. The number of pyridine rings is 2. The van der Waals surface area contributed by atoms with Gasteiger partial charge >= 0.3 is 0 Å². The Bertz CT molecular complexity index is 1560. The summed E-state index contributed by atoms with van der Waals surface area (Å²) in [6, 6.07) is 17.6. The maximum atomic E-state index is 12.7. The minimum atomic E-state index is -0.179. The molecule has 3 aromatic heterocycles. The van der Waals surface area contributed by atoms with Gasteiger partial charge in [-0.15, -0.1) is 0 Å². The fourth-order valence-electron chi connectivity index (χ4n) is 4.37. The molecule has 4 aromatic rings. The van der Waals surface area contributed by atoms with Crippen molar-refractivity contribution < 1.29 is 4.79 Å². The second-order valence-electron chi connectivity index (χ2n) is 9.22. The Morgan fingerprint density at radius 3 is 2.74 bits per heavy atom. The van der Waals surface area contributed by atoms with Gasteiger partial charge in [-0.1, -0.05) is 48.6 Å². The van der Waals surface area contributed by atoms with Crippen LogP contribution in [0, 0.1) is 0 Å². The van der Waals surface area contributed by atoms with E-state index in [4.69, 9.17) is 9.97 Å². The van der Waals surface area contributed by atoms with Crippen molar-refractivity contribution >= 4 is 29.6 Å². The lowest BCUT2D eigenvalue weighted by Crippen LogP contribution is -2.35. The Kier molecular flexibility index (Phi) is 8.45. The summed E-state index contributed by atoms with van der Waals surface area (Å²) in [6.45, 7) is 3.32. The van der Waals surface area contributed by atoms with Crippen molar-refractivity contribution in [3.63, 3.8) is 0 Å². The maximum absolute atomic E-state index is 12.7. The van der Waals surface area contributed by atoms with Crippen LogP contribution in [-0.4, -0.2) is 38.4 Å². The van der Waals surface area contributed by atoms with E-state index in [9.17, 15) is 4.79 Å². The van der Waals surface area contributed by atoms with Gasteiger partial charge in [-0.25, -0.2) is 9.97 Å². The SMILES string of the molecule is C\C=C/C=c1/nc(-c2cncc(NC(=O)C3CCCN3)c2)nc(NCc2ccccn2)/c1=C\c1ccccc1. The van der Waals surface area contributed by atoms with Gasteiger partial charge in [0.25, 0.3) is 0 Å². The number of amides is 1. The lowest BCUT2D eigenvalue weighted by Gasteiger charge is -2.12. The number of anilines is 2. The highest BCUT2D eigenvalue weighted by Gasteiger charge is 2.22. The number of hydrogen-bond acceptors (Lipinski definition) is 7. The third kappa shape index (κ3) is 6.80. The summed E-state index contributed by atoms with van der Waals surface area (Å²) in [5.74, 6) is 1.12. The first-order valence-electron chi connectivity index (χ1n) is 13.1. The van der Waals surface area contributed by atoms with Gasteiger partial charge < -0.3 is 16.0 Å². The first-order chi connectivity index (χ1) is 19.2. The molecule has 1 amide bonds. The van der Waals surface area contributed by atoms with Crippen molar-refractivity contribution in [2.45, 2.75) is 32.4 Å². The van der Waals surface area contributed by atoms with Crippen LogP contribution < -0.4 is 26.5 Å². The lowest BCUT2D eigenvalue weighted by molar-refractivity contribution is -0.117. The number of carbonyl (C=O) groups excluding carboxylic acids is 1. The topological polar surface area (TPSA) is 105 Å². The average molecular weight is 518 g/mol. The fraction of sp³-hybridized carbons (Fsp3) is 0.194. The van der Waals surface area contributed by atoms with Crippen LogP contribution in [0.3, 0.4) is 0 Å². The second-order valence-corrected chi connectivity index (χ2v) is 9.22. The first kappa shape index (κ1) is 25.9. The Hall–Kier alpha value is -4.69. The molecule has 1 aliphatic rings. The van der Waals surface area contributed by atoms with Gasteiger partial charge in [0.05, 0.1) is 35.5 Å². The van der Waals surface area contributed by atoms with Crippen molar-refractivity contribution in [1.82, 2.24) is 25.3 Å². The molecule has 0 saturated carbocycles. The molecular weight excluding hydrogens is 486 g/mol. The van der Waals surface area contributed by atoms with Crippen LogP contribution in [0.4, 0.5) is 11.5 Å². The van der Waals surface area contributed by atoms with Gasteiger partial charge in [0.15, 0.2) is 5.82 Å². The number of allylic oxidation sites excluding steroid dienone is 2. The van der Waals surface area contributed by atoms with Gasteiger partial charge in [-0.2, -0.15) is 0 Å². The normalized spacial score (nSPS) is 16.1. The molecule has 8 nitrogen and oxygen atoms in total. The molecule has 1 aromatic carbocycles. The molecule has 5 rings (SSSR count). The summed E-state index contributed by atoms with van der Waals surface area (Å²) in [5, 5.41) is 11.3. The maximum Gasteiger partial charge on any atom is 0.241 e. The van der Waals surface area contributed by atoms with Crippen LogP contribution in [0.15, 0.2) is 85.3 Å². The van der Waals surface area contributed by atoms with E-state index in [-0.39, 0.29) is 11.9 Å². The van der Waals surface area contributed by atoms with E-state index in [1.807, 2.05) is 79.7 Å². The zero-order chi connectivity index (χ0) is 26.9. The predicted molar refractivity (Wildman–Crippen MR) is 155 cm³/mol. The Morgan fingerprint density at radius 1 is 1.10 bits per heavy atom. The summed E-state index contributed by atoms with van der Waals surface area (Å²) in [7, 11) is 0. The molecule has 0 bridgehead atoms. The van der Waals surface area contributed by atoms with E-state index in [1.165, 1.54) is 0 Å². The summed E-state index contributed by atoms with van der Waals surface area (Å²) < 4.78 is 0. The summed E-state index contributed by atoms with van der Waals surface area (Å²) >= 11 is 0. The molecule has 196 valence electrons. The number of carbonyl (C=O) groups is 1. The van der Waals surface area contributed by atoms with Crippen LogP contribution in [-0.2, 0) is 11.3 Å². The fourth-order valence-corrected chi connectivity index (χ4v) is 4.37. The summed E-state index contributed by atoms with van der Waals surface area (Å²) in [4.78, 5) is 31.3. The summed E-state index contributed by atoms with van der Waals surface area (Å²) in [6.07, 6.45) is 14.9. The monoisotopic (exact) mass is 517 g/mol. The minimum Gasteiger partial charge on any atom is -0.364 e. The van der Waals surface area contributed by atoms with E-state index in [1.54, 1.807) is 18.6 Å². The molecule has 4 heterocycles. The molecule has 0 aliphatic carbocycles. The van der Waals surface area contributed by atoms with Gasteiger partial charge in [0.2, 0.25) is 5.91 Å². The molecule has 0 radical (unpaired) electrons. The highest BCUT2D eigenvalue weighted by atomic mass is 16.2. The number of benzene rings is 1. The van der Waals surface area contributed by atoms with Crippen LogP contribution in [0.5, 0.6) is 0 Å². The minimum absolute atomic E-state index is 0.0556. The smallest absolute Gasteiger partial charge is 0.241 e. The standard InChI is InChI=1S/C31H31N7O/c1-2-3-13-27-26(17-22-10-5-4-6-11-22)30(35-21-24-12-7-8-15-33-24)38-29(37-27)23-18-25(20-32-19-23)36-31(39)28-14-9-16-34-28/h2-8,10-13,15,17-20,28,34H,9,14,16,21H2,1H3,(H,36,39)(H,35,37,38)/b3-2-,26-17-,27-13+. The van der Waals surface area contributed by atoms with Crippen LogP contribution in [0.25, 0.3) is 23.5 Å². The quantitative estimate of drug-likeness (QED) is 0.329. The molecular formula is C31H31N7O. The molecule has 8 heteroatoms. The van der Waals surface area contributed by atoms with Gasteiger partial charge in [0.1, 0.15) is 5.82 Å². The second kappa shape index (κ2) is 12.7. The van der Waals surface area contributed by atoms with Crippen molar-refractivity contribution in [1.29, 1.82) is 0 Å².